The van der Waals surface area contributed by atoms with Crippen molar-refractivity contribution >= 4 is 9.90 Å². The largest absolute Gasteiger partial charge is 0.396 e. The van der Waals surface area contributed by atoms with E-state index in [2.05, 4.69) is 0 Å². The van der Waals surface area contributed by atoms with Gasteiger partial charge in [-0.1, -0.05) is 0 Å². The van der Waals surface area contributed by atoms with Crippen LogP contribution in [-0.4, -0.2) is 23.4 Å². The summed E-state index contributed by atoms with van der Waals surface area (Å²) < 4.78 is 0. The minimum Gasteiger partial charge on any atom is -0.396 e. The molecule has 0 radical (unpaired) electrons. The molecule has 3 heteroatoms. The molecule has 2 N–H and O–H groups in total. The van der Waals surface area contributed by atoms with Gasteiger partial charge < -0.3 is 10.2 Å². The molecule has 0 aromatic carbocycles. The molecule has 0 aliphatic heterocycles. The van der Waals surface area contributed by atoms with Gasteiger partial charge in [0.2, 0.25) is 0 Å². The van der Waals surface area contributed by atoms with Gasteiger partial charge >= 0.3 is 0 Å². The third-order valence-electron chi connectivity index (χ3n) is 0.566. The van der Waals surface area contributed by atoms with E-state index in [4.69, 9.17) is 10.2 Å². The fourth-order valence-corrected chi connectivity index (χ4v) is 0.224. The van der Waals surface area contributed by atoms with Crippen LogP contribution in [0.2, 0.25) is 0 Å². The van der Waals surface area contributed by atoms with Gasteiger partial charge in [0, 0.05) is 13.2 Å². The van der Waals surface area contributed by atoms with Crippen molar-refractivity contribution in [1.29, 1.82) is 0 Å². The second-order valence-corrected chi connectivity index (χ2v) is 1.15. The van der Waals surface area contributed by atoms with Crippen molar-refractivity contribution in [3.63, 3.8) is 0 Å². The van der Waals surface area contributed by atoms with Gasteiger partial charge in [0.15, 0.2) is 0 Å². The van der Waals surface area contributed by atoms with Gasteiger partial charge in [0.25, 0.3) is 0 Å². The first kappa shape index (κ1) is 10.4. The fraction of sp³-hybridized carbons (Fsp3) is 1.00. The highest BCUT2D eigenvalue weighted by Crippen LogP contribution is 1.80. The molecule has 0 aromatic heterocycles. The van der Waals surface area contributed by atoms with Gasteiger partial charge in [-0.25, -0.2) is 0 Å². The maximum atomic E-state index is 8.09. The summed E-state index contributed by atoms with van der Waals surface area (Å²) in [5.74, 6) is 0. The molecule has 0 saturated carbocycles. The molecule has 1 unspecified atom stereocenters. The molecule has 0 fully saturated rings. The highest BCUT2D eigenvalue weighted by molar-refractivity contribution is 6.92. The summed E-state index contributed by atoms with van der Waals surface area (Å²) in [5, 5.41) is 16.2. The number of aliphatic hydroxyl groups excluding tert-OH is 2. The highest BCUT2D eigenvalue weighted by atomic mass is 31.0. The molecule has 0 rings (SSSR count). The molecule has 1 atom stereocenters. The monoisotopic (exact) mass is 124 g/mol. The average molecular weight is 124 g/mol. The Morgan fingerprint density at radius 2 is 1.14 bits per heavy atom. The zero-order valence-corrected chi connectivity index (χ0v) is 5.84. The smallest absolute Gasteiger partial charge is 0.0431 e. The molecule has 0 amide bonds. The van der Waals surface area contributed by atoms with Crippen molar-refractivity contribution in [3.05, 3.63) is 0 Å². The van der Waals surface area contributed by atoms with E-state index >= 15 is 0 Å². The summed E-state index contributed by atoms with van der Waals surface area (Å²) in [5.41, 5.74) is 0. The van der Waals surface area contributed by atoms with E-state index in [-0.39, 0.29) is 23.1 Å². The van der Waals surface area contributed by atoms with E-state index in [0.717, 1.165) is 12.8 Å². The lowest BCUT2D eigenvalue weighted by Crippen LogP contribution is -1.85. The van der Waals surface area contributed by atoms with Crippen LogP contribution < -0.4 is 0 Å². The van der Waals surface area contributed by atoms with Crippen LogP contribution in [0.1, 0.15) is 12.8 Å². The van der Waals surface area contributed by atoms with E-state index < -0.39 is 0 Å². The molecule has 0 aromatic rings. The van der Waals surface area contributed by atoms with Crippen molar-refractivity contribution in [2.45, 2.75) is 12.8 Å². The zero-order valence-electron chi connectivity index (χ0n) is 4.43. The molecule has 0 aliphatic carbocycles. The first-order valence-corrected chi connectivity index (χ1v) is 2.13. The first-order valence-electron chi connectivity index (χ1n) is 2.13. The number of unbranched alkanes of at least 4 members (excludes halogenated alkanes) is 1. The summed E-state index contributed by atoms with van der Waals surface area (Å²) in [6.45, 7) is 0.390. The number of rotatable bonds is 3. The predicted molar refractivity (Wildman–Crippen MR) is 34.5 cm³/mol. The number of hydrogen-bond donors (Lipinski definition) is 2. The van der Waals surface area contributed by atoms with Crippen molar-refractivity contribution in [2.24, 2.45) is 0 Å². The Morgan fingerprint density at radius 3 is 1.29 bits per heavy atom. The SMILES string of the molecule is OCCCCO.P. The van der Waals surface area contributed by atoms with Crippen LogP contribution in [0.5, 0.6) is 0 Å². The lowest BCUT2D eigenvalue weighted by Gasteiger charge is -1.85. The van der Waals surface area contributed by atoms with Crippen LogP contribution in [0.4, 0.5) is 0 Å². The molecule has 7 heavy (non-hydrogen) atoms. The van der Waals surface area contributed by atoms with Gasteiger partial charge in [0.1, 0.15) is 0 Å². The molecule has 2 nitrogen and oxygen atoms in total. The topological polar surface area (TPSA) is 40.5 Å². The molecular weight excluding hydrogens is 111 g/mol. The molecular formula is C4H13O2P. The molecule has 46 valence electrons. The van der Waals surface area contributed by atoms with E-state index in [9.17, 15) is 0 Å². The fourth-order valence-electron chi connectivity index (χ4n) is 0.224. The van der Waals surface area contributed by atoms with Crippen LogP contribution in [0.15, 0.2) is 0 Å². The lowest BCUT2D eigenvalue weighted by atomic mass is 10.3. The maximum absolute atomic E-state index is 8.09. The molecule has 0 heterocycles. The van der Waals surface area contributed by atoms with Gasteiger partial charge in [0.05, 0.1) is 0 Å². The van der Waals surface area contributed by atoms with Gasteiger partial charge in [-0.05, 0) is 12.8 Å². The minimum atomic E-state index is 0. The first-order chi connectivity index (χ1) is 2.91. The van der Waals surface area contributed by atoms with Gasteiger partial charge in [-0.2, -0.15) is 9.90 Å². The average Bonchev–Trinajstić information content (AvgIpc) is 1.61. The normalized spacial score (nSPS) is 7.71. The second-order valence-electron chi connectivity index (χ2n) is 1.15. The third-order valence-corrected chi connectivity index (χ3v) is 0.566. The van der Waals surface area contributed by atoms with Crippen LogP contribution in [-0.2, 0) is 0 Å². The lowest BCUT2D eigenvalue weighted by molar-refractivity contribution is 0.242. The Bertz CT molecular complexity index is 21.7. The Morgan fingerprint density at radius 1 is 0.857 bits per heavy atom. The number of hydrogen-bond acceptors (Lipinski definition) is 2. The Balaban J connectivity index is 0. The summed E-state index contributed by atoms with van der Waals surface area (Å²) in [6.07, 6.45) is 1.44. The molecule has 0 saturated heterocycles. The molecule has 0 spiro atoms. The zero-order chi connectivity index (χ0) is 4.83. The van der Waals surface area contributed by atoms with Crippen molar-refractivity contribution < 1.29 is 10.2 Å². The number of aliphatic hydroxyl groups is 2. The van der Waals surface area contributed by atoms with Crippen LogP contribution in [0.25, 0.3) is 0 Å². The minimum absolute atomic E-state index is 0. The second kappa shape index (κ2) is 9.61. The Hall–Kier alpha value is 0.350. The van der Waals surface area contributed by atoms with Crippen molar-refractivity contribution in [3.8, 4) is 0 Å². The highest BCUT2D eigenvalue weighted by Gasteiger charge is 1.77. The Labute approximate surface area is 47.2 Å². The van der Waals surface area contributed by atoms with Crippen LogP contribution in [0, 0.1) is 0 Å². The maximum Gasteiger partial charge on any atom is 0.0431 e. The van der Waals surface area contributed by atoms with Gasteiger partial charge in [-0.3, -0.25) is 0 Å². The summed E-state index contributed by atoms with van der Waals surface area (Å²) in [7, 11) is 0. The summed E-state index contributed by atoms with van der Waals surface area (Å²) in [4.78, 5) is 0. The van der Waals surface area contributed by atoms with E-state index in [1.54, 1.807) is 0 Å². The summed E-state index contributed by atoms with van der Waals surface area (Å²) >= 11 is 0. The standard InChI is InChI=1S/C4H10O2.H3P/c5-3-1-2-4-6;/h5-6H,1-4H2;1H3. The predicted octanol–water partition coefficient (Wildman–Crippen LogP) is -0.191. The molecule has 0 aliphatic rings. The van der Waals surface area contributed by atoms with Crippen LogP contribution >= 0.6 is 9.90 Å². The van der Waals surface area contributed by atoms with Gasteiger partial charge in [-0.15, -0.1) is 0 Å². The van der Waals surface area contributed by atoms with E-state index in [0.29, 0.717) is 0 Å². The molecule has 0 bridgehead atoms. The van der Waals surface area contributed by atoms with Crippen molar-refractivity contribution in [2.75, 3.05) is 13.2 Å². The third kappa shape index (κ3) is 10.7. The van der Waals surface area contributed by atoms with Crippen molar-refractivity contribution in [1.82, 2.24) is 0 Å². The van der Waals surface area contributed by atoms with E-state index in [1.807, 2.05) is 0 Å². The summed E-state index contributed by atoms with van der Waals surface area (Å²) in [6, 6.07) is 0. The van der Waals surface area contributed by atoms with Crippen LogP contribution in [0.3, 0.4) is 0 Å². The Kier molecular flexibility index (Phi) is 14.2. The van der Waals surface area contributed by atoms with E-state index in [1.165, 1.54) is 0 Å². The quantitative estimate of drug-likeness (QED) is 0.404.